The van der Waals surface area contributed by atoms with Gasteiger partial charge in [-0.3, -0.25) is 9.88 Å². The van der Waals surface area contributed by atoms with E-state index in [0.29, 0.717) is 6.04 Å². The van der Waals surface area contributed by atoms with Crippen molar-refractivity contribution in [3.05, 3.63) is 72.6 Å². The molecule has 5 nitrogen and oxygen atoms in total. The van der Waals surface area contributed by atoms with Crippen molar-refractivity contribution in [2.75, 3.05) is 7.05 Å². The van der Waals surface area contributed by atoms with E-state index in [0.717, 1.165) is 12.2 Å². The van der Waals surface area contributed by atoms with Crippen molar-refractivity contribution in [1.82, 2.24) is 24.6 Å². The zero-order chi connectivity index (χ0) is 15.4. The lowest BCUT2D eigenvalue weighted by Crippen LogP contribution is -2.22. The molecule has 0 fully saturated rings. The first-order valence-electron chi connectivity index (χ1n) is 7.28. The third-order valence-electron chi connectivity index (χ3n) is 3.88. The van der Waals surface area contributed by atoms with Gasteiger partial charge in [0, 0.05) is 25.0 Å². The number of pyridine rings is 1. The highest BCUT2D eigenvalue weighted by atomic mass is 15.3. The van der Waals surface area contributed by atoms with Crippen LogP contribution in [0.1, 0.15) is 24.1 Å². The summed E-state index contributed by atoms with van der Waals surface area (Å²) in [6, 6.07) is 12.8. The number of hydrogen-bond acceptors (Lipinski definition) is 4. The second kappa shape index (κ2) is 6.49. The monoisotopic (exact) mass is 293 g/mol. The Morgan fingerprint density at radius 1 is 1.14 bits per heavy atom. The molecule has 0 aliphatic carbocycles. The first kappa shape index (κ1) is 14.4. The van der Waals surface area contributed by atoms with Crippen LogP contribution < -0.4 is 0 Å². The van der Waals surface area contributed by atoms with E-state index in [2.05, 4.69) is 64.3 Å². The SMILES string of the molecule is C[C@@H](c1cccnc1)N(C)Cc1ccc(-n2cncn2)cc1. The van der Waals surface area contributed by atoms with E-state index in [-0.39, 0.29) is 0 Å². The van der Waals surface area contributed by atoms with Gasteiger partial charge in [-0.1, -0.05) is 18.2 Å². The third-order valence-corrected chi connectivity index (χ3v) is 3.88. The van der Waals surface area contributed by atoms with Crippen molar-refractivity contribution in [3.8, 4) is 5.69 Å². The quantitative estimate of drug-likeness (QED) is 0.725. The molecular weight excluding hydrogens is 274 g/mol. The highest BCUT2D eigenvalue weighted by Crippen LogP contribution is 2.20. The maximum atomic E-state index is 4.19. The molecule has 112 valence electrons. The molecule has 0 amide bonds. The fourth-order valence-electron chi connectivity index (χ4n) is 2.40. The molecule has 0 unspecified atom stereocenters. The zero-order valence-corrected chi connectivity index (χ0v) is 12.8. The van der Waals surface area contributed by atoms with E-state index in [4.69, 9.17) is 0 Å². The van der Waals surface area contributed by atoms with Crippen LogP contribution in [0.3, 0.4) is 0 Å². The standard InChI is InChI=1S/C17H19N5/c1-14(16-4-3-9-18-10-16)21(2)11-15-5-7-17(8-6-15)22-13-19-12-20-22/h3-10,12-14H,11H2,1-2H3/t14-/m0/s1. The Labute approximate surface area is 130 Å². The Morgan fingerprint density at radius 3 is 2.59 bits per heavy atom. The lowest BCUT2D eigenvalue weighted by atomic mass is 10.1. The topological polar surface area (TPSA) is 46.8 Å². The summed E-state index contributed by atoms with van der Waals surface area (Å²) in [4.78, 5) is 10.5. The van der Waals surface area contributed by atoms with E-state index in [9.17, 15) is 0 Å². The number of hydrogen-bond donors (Lipinski definition) is 0. The molecule has 0 radical (unpaired) electrons. The summed E-state index contributed by atoms with van der Waals surface area (Å²) >= 11 is 0. The van der Waals surface area contributed by atoms with Crippen LogP contribution in [0.5, 0.6) is 0 Å². The van der Waals surface area contributed by atoms with Gasteiger partial charge in [0.25, 0.3) is 0 Å². The molecule has 1 aromatic carbocycles. The Kier molecular flexibility index (Phi) is 4.25. The molecule has 0 spiro atoms. The molecular formula is C17H19N5. The molecule has 22 heavy (non-hydrogen) atoms. The van der Waals surface area contributed by atoms with Gasteiger partial charge in [0.1, 0.15) is 12.7 Å². The number of aromatic nitrogens is 4. The predicted molar refractivity (Wildman–Crippen MR) is 85.5 cm³/mol. The molecule has 0 N–H and O–H groups in total. The lowest BCUT2D eigenvalue weighted by molar-refractivity contribution is 0.252. The molecule has 5 heteroatoms. The van der Waals surface area contributed by atoms with E-state index in [1.807, 2.05) is 12.3 Å². The first-order chi connectivity index (χ1) is 10.7. The van der Waals surface area contributed by atoms with Gasteiger partial charge < -0.3 is 0 Å². The Balaban J connectivity index is 1.68. The second-order valence-electron chi connectivity index (χ2n) is 5.38. The van der Waals surface area contributed by atoms with Gasteiger partial charge in [-0.25, -0.2) is 9.67 Å². The molecule has 0 aliphatic heterocycles. The highest BCUT2D eigenvalue weighted by molar-refractivity contribution is 5.33. The van der Waals surface area contributed by atoms with Gasteiger partial charge in [0.15, 0.2) is 0 Å². The molecule has 0 aliphatic rings. The number of nitrogens with zero attached hydrogens (tertiary/aromatic N) is 5. The maximum Gasteiger partial charge on any atom is 0.138 e. The van der Waals surface area contributed by atoms with Crippen LogP contribution in [-0.4, -0.2) is 31.7 Å². The van der Waals surface area contributed by atoms with E-state index in [1.54, 1.807) is 17.2 Å². The molecule has 1 atom stereocenters. The van der Waals surface area contributed by atoms with Gasteiger partial charge in [0.2, 0.25) is 0 Å². The van der Waals surface area contributed by atoms with E-state index >= 15 is 0 Å². The molecule has 3 rings (SSSR count). The smallest absolute Gasteiger partial charge is 0.138 e. The molecule has 0 bridgehead atoms. The summed E-state index contributed by atoms with van der Waals surface area (Å²) in [5, 5.41) is 4.13. The largest absolute Gasteiger partial charge is 0.295 e. The van der Waals surface area contributed by atoms with Crippen molar-refractivity contribution in [2.24, 2.45) is 0 Å². The van der Waals surface area contributed by atoms with Gasteiger partial charge in [-0.2, -0.15) is 5.10 Å². The summed E-state index contributed by atoms with van der Waals surface area (Å²) in [6.07, 6.45) is 6.97. The average molecular weight is 293 g/mol. The van der Waals surface area contributed by atoms with Crippen molar-refractivity contribution < 1.29 is 0 Å². The van der Waals surface area contributed by atoms with Crippen LogP contribution >= 0.6 is 0 Å². The minimum absolute atomic E-state index is 0.323. The average Bonchev–Trinajstić information content (AvgIpc) is 3.10. The molecule has 2 heterocycles. The van der Waals surface area contributed by atoms with Crippen LogP contribution in [0.25, 0.3) is 5.69 Å². The maximum absolute atomic E-state index is 4.19. The molecule has 0 saturated carbocycles. The number of rotatable bonds is 5. The van der Waals surface area contributed by atoms with Crippen molar-refractivity contribution >= 4 is 0 Å². The van der Waals surface area contributed by atoms with Crippen LogP contribution in [0, 0.1) is 0 Å². The zero-order valence-electron chi connectivity index (χ0n) is 12.8. The lowest BCUT2D eigenvalue weighted by Gasteiger charge is -2.25. The fourth-order valence-corrected chi connectivity index (χ4v) is 2.40. The van der Waals surface area contributed by atoms with Gasteiger partial charge >= 0.3 is 0 Å². The van der Waals surface area contributed by atoms with E-state index in [1.165, 1.54) is 17.5 Å². The summed E-state index contributed by atoms with van der Waals surface area (Å²) in [6.45, 7) is 3.08. The van der Waals surface area contributed by atoms with Gasteiger partial charge in [0.05, 0.1) is 5.69 Å². The molecule has 2 aromatic heterocycles. The summed E-state index contributed by atoms with van der Waals surface area (Å²) in [5.74, 6) is 0. The highest BCUT2D eigenvalue weighted by Gasteiger charge is 2.12. The minimum Gasteiger partial charge on any atom is -0.295 e. The van der Waals surface area contributed by atoms with Gasteiger partial charge in [-0.15, -0.1) is 0 Å². The third kappa shape index (κ3) is 3.20. The molecule has 3 aromatic rings. The summed E-state index contributed by atoms with van der Waals surface area (Å²) < 4.78 is 1.76. The van der Waals surface area contributed by atoms with Gasteiger partial charge in [-0.05, 0) is 43.3 Å². The van der Waals surface area contributed by atoms with E-state index < -0.39 is 0 Å². The minimum atomic E-state index is 0.323. The van der Waals surface area contributed by atoms with Crippen molar-refractivity contribution in [1.29, 1.82) is 0 Å². The fraction of sp³-hybridized carbons (Fsp3) is 0.235. The first-order valence-corrected chi connectivity index (χ1v) is 7.28. The normalized spacial score (nSPS) is 12.5. The van der Waals surface area contributed by atoms with Crippen LogP contribution in [0.2, 0.25) is 0 Å². The van der Waals surface area contributed by atoms with Crippen LogP contribution in [0.15, 0.2) is 61.4 Å². The second-order valence-corrected chi connectivity index (χ2v) is 5.38. The molecule has 0 saturated heterocycles. The predicted octanol–water partition coefficient (Wildman–Crippen LogP) is 2.86. The van der Waals surface area contributed by atoms with Crippen LogP contribution in [0.4, 0.5) is 0 Å². The summed E-state index contributed by atoms with van der Waals surface area (Å²) in [7, 11) is 2.13. The van der Waals surface area contributed by atoms with Crippen LogP contribution in [-0.2, 0) is 6.54 Å². The Morgan fingerprint density at radius 2 is 1.95 bits per heavy atom. The number of benzene rings is 1. The van der Waals surface area contributed by atoms with Crippen molar-refractivity contribution in [3.63, 3.8) is 0 Å². The Bertz CT molecular complexity index is 692. The van der Waals surface area contributed by atoms with Crippen molar-refractivity contribution in [2.45, 2.75) is 19.5 Å². The Hall–Kier alpha value is -2.53. The summed E-state index contributed by atoms with van der Waals surface area (Å²) in [5.41, 5.74) is 3.51.